The first-order chi connectivity index (χ1) is 13.1. The van der Waals surface area contributed by atoms with Crippen molar-refractivity contribution in [1.82, 2.24) is 25.0 Å². The first-order valence-electron chi connectivity index (χ1n) is 9.17. The summed E-state index contributed by atoms with van der Waals surface area (Å²) >= 11 is 1.38. The van der Waals surface area contributed by atoms with Crippen molar-refractivity contribution in [3.63, 3.8) is 0 Å². The summed E-state index contributed by atoms with van der Waals surface area (Å²) in [5.41, 5.74) is 0.574. The van der Waals surface area contributed by atoms with Gasteiger partial charge in [0.1, 0.15) is 5.82 Å². The number of carbonyl (C=O) groups excluding carboxylic acids is 2. The lowest BCUT2D eigenvalue weighted by atomic mass is 10.2. The van der Waals surface area contributed by atoms with E-state index in [2.05, 4.69) is 20.1 Å². The molecule has 1 aliphatic heterocycles. The maximum absolute atomic E-state index is 12.7. The lowest BCUT2D eigenvalue weighted by Gasteiger charge is -2.12. The minimum Gasteiger partial charge on any atom is -0.348 e. The summed E-state index contributed by atoms with van der Waals surface area (Å²) in [6, 6.07) is 7.35. The molecule has 2 heterocycles. The Morgan fingerprint density at radius 2 is 2.00 bits per heavy atom. The van der Waals surface area contributed by atoms with Crippen molar-refractivity contribution in [3.8, 4) is 0 Å². The third-order valence-electron chi connectivity index (χ3n) is 4.57. The fourth-order valence-electron chi connectivity index (χ4n) is 2.98. The Hall–Kier alpha value is -2.35. The van der Waals surface area contributed by atoms with Crippen LogP contribution in [0.4, 0.5) is 0 Å². The van der Waals surface area contributed by atoms with Crippen molar-refractivity contribution in [3.05, 3.63) is 41.5 Å². The summed E-state index contributed by atoms with van der Waals surface area (Å²) in [6.07, 6.45) is 4.40. The van der Waals surface area contributed by atoms with E-state index >= 15 is 0 Å². The van der Waals surface area contributed by atoms with Crippen LogP contribution in [0.1, 0.15) is 41.3 Å². The summed E-state index contributed by atoms with van der Waals surface area (Å²) in [4.78, 5) is 26.9. The molecule has 3 rings (SSSR count). The predicted molar refractivity (Wildman–Crippen MR) is 105 cm³/mol. The molecule has 2 amide bonds. The Bertz CT molecular complexity index is 818. The third kappa shape index (κ3) is 4.88. The molecule has 0 spiro atoms. The van der Waals surface area contributed by atoms with Crippen molar-refractivity contribution in [2.45, 2.75) is 43.7 Å². The van der Waals surface area contributed by atoms with Crippen LogP contribution in [0.3, 0.4) is 0 Å². The summed E-state index contributed by atoms with van der Waals surface area (Å²) in [6.45, 7) is 1.26. The summed E-state index contributed by atoms with van der Waals surface area (Å²) in [5.74, 6) is 1.96. The Balaban J connectivity index is 1.65. The van der Waals surface area contributed by atoms with Gasteiger partial charge in [-0.3, -0.25) is 9.59 Å². The first kappa shape index (κ1) is 19.4. The minimum absolute atomic E-state index is 0.0152. The molecule has 1 aliphatic rings. The van der Waals surface area contributed by atoms with Crippen LogP contribution >= 0.6 is 11.8 Å². The van der Waals surface area contributed by atoms with Gasteiger partial charge in [0.05, 0.1) is 17.9 Å². The standard InChI is InChI=1S/C19H25N5O2S/c1-23(2)18(25)13-27-15-9-6-5-8-14(15)19(26)20-12-17-22-21-16-10-4-3-7-11-24(16)17/h5-6,8-9H,3-4,7,10-13H2,1-2H3,(H,20,26). The fraction of sp³-hybridized carbons (Fsp3) is 0.474. The SMILES string of the molecule is CN(C)C(=O)CSc1ccccc1C(=O)NCc1nnc2n1CCCCC2. The maximum atomic E-state index is 12.7. The zero-order valence-electron chi connectivity index (χ0n) is 15.8. The molecule has 7 nitrogen and oxygen atoms in total. The number of aryl methyl sites for hydroxylation is 1. The average molecular weight is 388 g/mol. The zero-order valence-corrected chi connectivity index (χ0v) is 16.6. The molecule has 0 saturated carbocycles. The molecule has 1 aromatic heterocycles. The second-order valence-electron chi connectivity index (χ2n) is 6.75. The summed E-state index contributed by atoms with van der Waals surface area (Å²) in [5, 5.41) is 11.5. The van der Waals surface area contributed by atoms with Gasteiger partial charge in [0, 0.05) is 32.0 Å². The molecule has 1 aromatic carbocycles. The number of nitrogens with one attached hydrogen (secondary N) is 1. The molecule has 0 saturated heterocycles. The third-order valence-corrected chi connectivity index (χ3v) is 5.63. The van der Waals surface area contributed by atoms with Crippen molar-refractivity contribution in [1.29, 1.82) is 0 Å². The van der Waals surface area contributed by atoms with Crippen LogP contribution < -0.4 is 5.32 Å². The van der Waals surface area contributed by atoms with E-state index in [0.29, 0.717) is 17.9 Å². The second kappa shape index (κ2) is 9.03. The highest BCUT2D eigenvalue weighted by molar-refractivity contribution is 8.00. The normalized spacial score (nSPS) is 13.6. The van der Waals surface area contributed by atoms with Crippen molar-refractivity contribution in [2.75, 3.05) is 19.8 Å². The highest BCUT2D eigenvalue weighted by atomic mass is 32.2. The molecule has 1 N–H and O–H groups in total. The van der Waals surface area contributed by atoms with Gasteiger partial charge in [0.15, 0.2) is 5.82 Å². The van der Waals surface area contributed by atoms with Gasteiger partial charge in [0.25, 0.3) is 5.91 Å². The number of fused-ring (bicyclic) bond motifs is 1. The molecule has 0 radical (unpaired) electrons. The molecular formula is C19H25N5O2S. The van der Waals surface area contributed by atoms with E-state index in [9.17, 15) is 9.59 Å². The van der Waals surface area contributed by atoms with Gasteiger partial charge in [-0.15, -0.1) is 22.0 Å². The molecule has 0 unspecified atom stereocenters. The van der Waals surface area contributed by atoms with Gasteiger partial charge in [-0.1, -0.05) is 18.6 Å². The van der Waals surface area contributed by atoms with Gasteiger partial charge in [-0.25, -0.2) is 0 Å². The highest BCUT2D eigenvalue weighted by Crippen LogP contribution is 2.23. The van der Waals surface area contributed by atoms with Gasteiger partial charge >= 0.3 is 0 Å². The Labute approximate surface area is 163 Å². The van der Waals surface area contributed by atoms with Crippen LogP contribution in [0.25, 0.3) is 0 Å². The number of benzene rings is 1. The number of aromatic nitrogens is 3. The highest BCUT2D eigenvalue weighted by Gasteiger charge is 2.17. The predicted octanol–water partition coefficient (Wildman–Crippen LogP) is 2.11. The average Bonchev–Trinajstić information content (AvgIpc) is 2.90. The van der Waals surface area contributed by atoms with E-state index < -0.39 is 0 Å². The van der Waals surface area contributed by atoms with Crippen LogP contribution in [0.15, 0.2) is 29.2 Å². The Morgan fingerprint density at radius 1 is 1.19 bits per heavy atom. The molecule has 0 atom stereocenters. The largest absolute Gasteiger partial charge is 0.348 e. The van der Waals surface area contributed by atoms with Gasteiger partial charge in [-0.2, -0.15) is 0 Å². The quantitative estimate of drug-likeness (QED) is 0.768. The number of nitrogens with zero attached hydrogens (tertiary/aromatic N) is 4. The van der Waals surface area contributed by atoms with Gasteiger partial charge < -0.3 is 14.8 Å². The summed E-state index contributed by atoms with van der Waals surface area (Å²) in [7, 11) is 3.45. The summed E-state index contributed by atoms with van der Waals surface area (Å²) < 4.78 is 2.13. The smallest absolute Gasteiger partial charge is 0.252 e. The molecule has 0 bridgehead atoms. The van der Waals surface area contributed by atoms with Crippen molar-refractivity contribution in [2.24, 2.45) is 0 Å². The minimum atomic E-state index is -0.165. The maximum Gasteiger partial charge on any atom is 0.252 e. The Morgan fingerprint density at radius 3 is 2.81 bits per heavy atom. The molecule has 144 valence electrons. The molecular weight excluding hydrogens is 362 g/mol. The number of rotatable bonds is 6. The molecule has 8 heteroatoms. The van der Waals surface area contributed by atoms with Gasteiger partial charge in [-0.05, 0) is 25.0 Å². The van der Waals surface area contributed by atoms with E-state index in [0.717, 1.165) is 42.4 Å². The van der Waals surface area contributed by atoms with E-state index in [4.69, 9.17) is 0 Å². The number of amides is 2. The lowest BCUT2D eigenvalue weighted by Crippen LogP contribution is -2.26. The second-order valence-corrected chi connectivity index (χ2v) is 7.77. The van der Waals surface area contributed by atoms with Crippen LogP contribution in [0.2, 0.25) is 0 Å². The fourth-order valence-corrected chi connectivity index (χ4v) is 4.01. The number of hydrogen-bond acceptors (Lipinski definition) is 5. The molecule has 27 heavy (non-hydrogen) atoms. The molecule has 2 aromatic rings. The van der Waals surface area contributed by atoms with E-state index in [1.54, 1.807) is 25.1 Å². The molecule has 0 aliphatic carbocycles. The zero-order chi connectivity index (χ0) is 19.2. The number of hydrogen-bond donors (Lipinski definition) is 1. The first-order valence-corrected chi connectivity index (χ1v) is 10.2. The van der Waals surface area contributed by atoms with Crippen molar-refractivity contribution < 1.29 is 9.59 Å². The number of carbonyl (C=O) groups is 2. The van der Waals surface area contributed by atoms with E-state index in [-0.39, 0.29) is 11.8 Å². The van der Waals surface area contributed by atoms with E-state index in [1.807, 2.05) is 18.2 Å². The van der Waals surface area contributed by atoms with Crippen LogP contribution in [0, 0.1) is 0 Å². The monoisotopic (exact) mass is 387 g/mol. The number of thioether (sulfide) groups is 1. The van der Waals surface area contributed by atoms with E-state index in [1.165, 1.54) is 18.2 Å². The Kier molecular flexibility index (Phi) is 6.49. The van der Waals surface area contributed by atoms with Crippen LogP contribution in [-0.4, -0.2) is 51.3 Å². The topological polar surface area (TPSA) is 80.1 Å². The van der Waals surface area contributed by atoms with Crippen LogP contribution in [0.5, 0.6) is 0 Å². The van der Waals surface area contributed by atoms with Crippen LogP contribution in [-0.2, 0) is 24.3 Å². The van der Waals surface area contributed by atoms with Crippen molar-refractivity contribution >= 4 is 23.6 Å². The molecule has 0 fully saturated rings. The lowest BCUT2D eigenvalue weighted by molar-refractivity contribution is -0.125. The van der Waals surface area contributed by atoms with Gasteiger partial charge in [0.2, 0.25) is 5.91 Å².